The van der Waals surface area contributed by atoms with Crippen LogP contribution in [0.1, 0.15) is 46.7 Å². The Balaban J connectivity index is 1.64. The normalized spacial score (nSPS) is 13.9. The van der Waals surface area contributed by atoms with E-state index in [9.17, 15) is 22.8 Å². The van der Waals surface area contributed by atoms with E-state index in [4.69, 9.17) is 9.47 Å². The van der Waals surface area contributed by atoms with E-state index in [1.807, 2.05) is 6.92 Å². The number of nitrogens with one attached hydrogen (secondary N) is 1. The number of alkyl halides is 3. The van der Waals surface area contributed by atoms with E-state index in [1.54, 1.807) is 18.2 Å². The minimum Gasteiger partial charge on any atom is -0.486 e. The molecule has 2 heterocycles. The van der Waals surface area contributed by atoms with Crippen LogP contribution in [0.2, 0.25) is 0 Å². The fourth-order valence-corrected chi connectivity index (χ4v) is 3.70. The molecule has 0 saturated carbocycles. The molecule has 178 valence electrons. The molecule has 0 saturated heterocycles. The molecule has 7 nitrogen and oxygen atoms in total. The zero-order chi connectivity index (χ0) is 24.5. The van der Waals surface area contributed by atoms with Gasteiger partial charge in [-0.2, -0.15) is 18.3 Å². The molecule has 2 aromatic carbocycles. The van der Waals surface area contributed by atoms with Gasteiger partial charge < -0.3 is 14.8 Å². The average Bonchev–Trinajstić information content (AvgIpc) is 2.81. The summed E-state index contributed by atoms with van der Waals surface area (Å²) in [4.78, 5) is 25.5. The Hall–Kier alpha value is -3.82. The number of halogens is 3. The van der Waals surface area contributed by atoms with Gasteiger partial charge in [0.25, 0.3) is 5.91 Å². The van der Waals surface area contributed by atoms with Crippen molar-refractivity contribution in [3.8, 4) is 17.2 Å². The molecule has 0 radical (unpaired) electrons. The van der Waals surface area contributed by atoms with Crippen molar-refractivity contribution in [2.45, 2.75) is 32.5 Å². The predicted octanol–water partition coefficient (Wildman–Crippen LogP) is 4.21. The molecular weight excluding hydrogens is 451 g/mol. The van der Waals surface area contributed by atoms with E-state index >= 15 is 0 Å². The number of rotatable bonds is 5. The lowest BCUT2D eigenvalue weighted by Crippen LogP contribution is -2.34. The second-order valence-electron chi connectivity index (χ2n) is 7.80. The lowest BCUT2D eigenvalue weighted by atomic mass is 10.0. The lowest BCUT2D eigenvalue weighted by Gasteiger charge is -2.22. The van der Waals surface area contributed by atoms with Gasteiger partial charge in [0.1, 0.15) is 13.2 Å². The van der Waals surface area contributed by atoms with Gasteiger partial charge in [-0.05, 0) is 49.2 Å². The SMILES string of the molecule is CCC(NC(=O)c1nn(-c2cccc(C(F)(F)F)c2)c(C)cc1=O)c1ccc2c(c1)OCCO2. The van der Waals surface area contributed by atoms with Crippen molar-refractivity contribution < 1.29 is 27.4 Å². The van der Waals surface area contributed by atoms with Crippen LogP contribution < -0.4 is 20.2 Å². The number of amides is 1. The van der Waals surface area contributed by atoms with Gasteiger partial charge in [-0.25, -0.2) is 4.68 Å². The highest BCUT2D eigenvalue weighted by Crippen LogP contribution is 2.33. The Kier molecular flexibility index (Phi) is 6.32. The number of hydrogen-bond donors (Lipinski definition) is 1. The number of fused-ring (bicyclic) bond motifs is 1. The minimum atomic E-state index is -4.54. The molecule has 1 atom stereocenters. The van der Waals surface area contributed by atoms with E-state index in [0.717, 1.165) is 22.4 Å². The highest BCUT2D eigenvalue weighted by molar-refractivity contribution is 5.92. The summed E-state index contributed by atoms with van der Waals surface area (Å²) >= 11 is 0. The van der Waals surface area contributed by atoms with Gasteiger partial charge in [0.2, 0.25) is 5.43 Å². The summed E-state index contributed by atoms with van der Waals surface area (Å²) in [5.74, 6) is 0.449. The van der Waals surface area contributed by atoms with Crippen LogP contribution in [0.3, 0.4) is 0 Å². The maximum Gasteiger partial charge on any atom is 0.416 e. The second-order valence-corrected chi connectivity index (χ2v) is 7.80. The highest BCUT2D eigenvalue weighted by Gasteiger charge is 2.31. The first kappa shape index (κ1) is 23.3. The molecule has 0 bridgehead atoms. The van der Waals surface area contributed by atoms with Gasteiger partial charge in [0.15, 0.2) is 17.2 Å². The van der Waals surface area contributed by atoms with Crippen molar-refractivity contribution in [2.75, 3.05) is 13.2 Å². The monoisotopic (exact) mass is 473 g/mol. The maximum absolute atomic E-state index is 13.1. The highest BCUT2D eigenvalue weighted by atomic mass is 19.4. The van der Waals surface area contributed by atoms with Crippen molar-refractivity contribution >= 4 is 5.91 Å². The molecule has 0 spiro atoms. The summed E-state index contributed by atoms with van der Waals surface area (Å²) in [6.45, 7) is 4.27. The van der Waals surface area contributed by atoms with E-state index in [2.05, 4.69) is 10.4 Å². The van der Waals surface area contributed by atoms with Crippen molar-refractivity contribution in [2.24, 2.45) is 0 Å². The topological polar surface area (TPSA) is 82.5 Å². The number of benzene rings is 2. The number of ether oxygens (including phenoxy) is 2. The van der Waals surface area contributed by atoms with Gasteiger partial charge in [0.05, 0.1) is 17.3 Å². The summed E-state index contributed by atoms with van der Waals surface area (Å²) in [5, 5.41) is 6.89. The van der Waals surface area contributed by atoms with Gasteiger partial charge in [-0.3, -0.25) is 9.59 Å². The summed E-state index contributed by atoms with van der Waals surface area (Å²) in [7, 11) is 0. The van der Waals surface area contributed by atoms with E-state index in [1.165, 1.54) is 25.1 Å². The molecule has 1 aromatic heterocycles. The molecule has 0 fully saturated rings. The van der Waals surface area contributed by atoms with Gasteiger partial charge >= 0.3 is 6.18 Å². The average molecular weight is 473 g/mol. The van der Waals surface area contributed by atoms with Crippen LogP contribution in [0.4, 0.5) is 13.2 Å². The number of carbonyl (C=O) groups excluding carboxylic acids is 1. The predicted molar refractivity (Wildman–Crippen MR) is 118 cm³/mol. The first-order chi connectivity index (χ1) is 16.2. The van der Waals surface area contributed by atoms with Crippen LogP contribution in [0, 0.1) is 6.92 Å². The third-order valence-electron chi connectivity index (χ3n) is 5.42. The van der Waals surface area contributed by atoms with E-state index < -0.39 is 34.8 Å². The molecule has 1 unspecified atom stereocenters. The number of nitrogens with zero attached hydrogens (tertiary/aromatic N) is 2. The van der Waals surface area contributed by atoms with Crippen LogP contribution in [-0.2, 0) is 6.18 Å². The molecule has 34 heavy (non-hydrogen) atoms. The molecular formula is C24H22F3N3O4. The van der Waals surface area contributed by atoms with Crippen LogP contribution >= 0.6 is 0 Å². The third-order valence-corrected chi connectivity index (χ3v) is 5.42. The standard InChI is InChI=1S/C24H22F3N3O4/c1-3-18(15-7-8-20-21(12-15)34-10-9-33-20)28-23(32)22-19(31)11-14(2)30(29-22)17-6-4-5-16(13-17)24(25,26)27/h4-8,11-13,18H,3,9-10H2,1-2H3,(H,28,32). The third kappa shape index (κ3) is 4.75. The maximum atomic E-state index is 13.1. The first-order valence-electron chi connectivity index (χ1n) is 10.7. The summed E-state index contributed by atoms with van der Waals surface area (Å²) < 4.78 is 51.7. The Morgan fingerprint density at radius 3 is 2.56 bits per heavy atom. The Morgan fingerprint density at radius 1 is 1.12 bits per heavy atom. The van der Waals surface area contributed by atoms with Crippen LogP contribution in [-0.4, -0.2) is 28.9 Å². The number of aromatic nitrogens is 2. The molecule has 3 aromatic rings. The largest absolute Gasteiger partial charge is 0.486 e. The van der Waals surface area contributed by atoms with Crippen molar-refractivity contribution in [3.63, 3.8) is 0 Å². The summed E-state index contributed by atoms with van der Waals surface area (Å²) in [5.41, 5.74) is -0.778. The van der Waals surface area contributed by atoms with Crippen LogP contribution in [0.25, 0.3) is 5.69 Å². The fraction of sp³-hybridized carbons (Fsp3) is 0.292. The van der Waals surface area contributed by atoms with Crippen molar-refractivity contribution in [3.05, 3.63) is 81.3 Å². The zero-order valence-electron chi connectivity index (χ0n) is 18.5. The van der Waals surface area contributed by atoms with Crippen molar-refractivity contribution in [1.82, 2.24) is 15.1 Å². The van der Waals surface area contributed by atoms with Crippen LogP contribution in [0.5, 0.6) is 11.5 Å². The molecule has 4 rings (SSSR count). The molecule has 1 aliphatic heterocycles. The molecule has 1 aliphatic rings. The Labute approximate surface area is 193 Å². The molecule has 1 amide bonds. The van der Waals surface area contributed by atoms with Gasteiger partial charge in [0, 0.05) is 11.8 Å². The number of carbonyl (C=O) groups is 1. The minimum absolute atomic E-state index is 0.0836. The van der Waals surface area contributed by atoms with Crippen LogP contribution in [0.15, 0.2) is 53.3 Å². The summed E-state index contributed by atoms with van der Waals surface area (Å²) in [6, 6.07) is 10.6. The Morgan fingerprint density at radius 2 is 1.85 bits per heavy atom. The van der Waals surface area contributed by atoms with Gasteiger partial charge in [-0.15, -0.1) is 0 Å². The van der Waals surface area contributed by atoms with E-state index in [0.29, 0.717) is 36.8 Å². The quantitative estimate of drug-likeness (QED) is 0.600. The molecule has 0 aliphatic carbocycles. The van der Waals surface area contributed by atoms with Crippen molar-refractivity contribution in [1.29, 1.82) is 0 Å². The Bertz CT molecular complexity index is 1290. The fourth-order valence-electron chi connectivity index (χ4n) is 3.70. The molecule has 1 N–H and O–H groups in total. The molecule has 10 heteroatoms. The first-order valence-corrected chi connectivity index (χ1v) is 10.7. The number of hydrogen-bond acceptors (Lipinski definition) is 5. The number of aryl methyl sites for hydroxylation is 1. The summed E-state index contributed by atoms with van der Waals surface area (Å²) in [6.07, 6.45) is -4.03. The lowest BCUT2D eigenvalue weighted by molar-refractivity contribution is -0.137. The van der Waals surface area contributed by atoms with E-state index in [-0.39, 0.29) is 5.69 Å². The van der Waals surface area contributed by atoms with Gasteiger partial charge in [-0.1, -0.05) is 19.1 Å². The smallest absolute Gasteiger partial charge is 0.416 e. The zero-order valence-corrected chi connectivity index (χ0v) is 18.5. The second kappa shape index (κ2) is 9.20.